The number of nitrogens with zero attached hydrogens (tertiary/aromatic N) is 1. The minimum absolute atomic E-state index is 0.0726. The maximum absolute atomic E-state index is 12.7. The molecule has 2 aromatic carbocycles. The van der Waals surface area contributed by atoms with Gasteiger partial charge in [0.1, 0.15) is 5.75 Å². The molecule has 146 valence electrons. The second-order valence-electron chi connectivity index (χ2n) is 5.62. The Labute approximate surface area is 158 Å². The van der Waals surface area contributed by atoms with Crippen molar-refractivity contribution in [2.75, 3.05) is 11.9 Å². The quantitative estimate of drug-likeness (QED) is 0.760. The third kappa shape index (κ3) is 6.02. The number of hydrogen-bond acceptors (Lipinski definition) is 5. The van der Waals surface area contributed by atoms with E-state index in [-0.39, 0.29) is 5.69 Å². The Balaban J connectivity index is 1.86. The fourth-order valence-corrected chi connectivity index (χ4v) is 2.07. The molecule has 0 saturated carbocycles. The van der Waals surface area contributed by atoms with Crippen molar-refractivity contribution in [1.82, 2.24) is 0 Å². The Kier molecular flexibility index (Phi) is 6.60. The van der Waals surface area contributed by atoms with Crippen LogP contribution in [0.2, 0.25) is 0 Å². The highest BCUT2D eigenvalue weighted by molar-refractivity contribution is 5.95. The maximum Gasteiger partial charge on any atom is 0.416 e. The van der Waals surface area contributed by atoms with Crippen LogP contribution in [0.5, 0.6) is 5.75 Å². The number of nitriles is 1. The van der Waals surface area contributed by atoms with Gasteiger partial charge in [0.2, 0.25) is 0 Å². The number of alkyl halides is 3. The first-order valence-corrected chi connectivity index (χ1v) is 7.99. The van der Waals surface area contributed by atoms with Gasteiger partial charge in [-0.15, -0.1) is 0 Å². The lowest BCUT2D eigenvalue weighted by Crippen LogP contribution is -2.31. The molecule has 0 aliphatic heterocycles. The van der Waals surface area contributed by atoms with Crippen LogP contribution in [0.4, 0.5) is 18.9 Å². The van der Waals surface area contributed by atoms with Crippen LogP contribution < -0.4 is 10.1 Å². The number of benzene rings is 2. The molecule has 0 unspecified atom stereocenters. The van der Waals surface area contributed by atoms with Gasteiger partial charge >= 0.3 is 12.1 Å². The highest BCUT2D eigenvalue weighted by Gasteiger charge is 2.30. The van der Waals surface area contributed by atoms with Crippen LogP contribution in [0, 0.1) is 11.3 Å². The van der Waals surface area contributed by atoms with Crippen LogP contribution >= 0.6 is 0 Å². The van der Waals surface area contributed by atoms with Gasteiger partial charge in [0, 0.05) is 5.69 Å². The molecule has 0 fully saturated rings. The summed E-state index contributed by atoms with van der Waals surface area (Å²) in [6.45, 7) is 0.801. The first-order chi connectivity index (χ1) is 13.2. The van der Waals surface area contributed by atoms with E-state index in [4.69, 9.17) is 14.7 Å². The van der Waals surface area contributed by atoms with Crippen molar-refractivity contribution in [1.29, 1.82) is 5.26 Å². The van der Waals surface area contributed by atoms with Crippen LogP contribution in [0.1, 0.15) is 18.1 Å². The van der Waals surface area contributed by atoms with Gasteiger partial charge in [0.05, 0.1) is 17.2 Å². The van der Waals surface area contributed by atoms with Gasteiger partial charge in [-0.25, -0.2) is 4.79 Å². The van der Waals surface area contributed by atoms with Crippen molar-refractivity contribution in [2.24, 2.45) is 0 Å². The highest BCUT2D eigenvalue weighted by atomic mass is 19.4. The monoisotopic (exact) mass is 392 g/mol. The minimum Gasteiger partial charge on any atom is -0.482 e. The number of carbonyl (C=O) groups is 2. The molecule has 0 aliphatic rings. The van der Waals surface area contributed by atoms with Crippen molar-refractivity contribution >= 4 is 17.6 Å². The lowest BCUT2D eigenvalue weighted by molar-refractivity contribution is -0.155. The van der Waals surface area contributed by atoms with E-state index in [9.17, 15) is 22.8 Å². The number of anilines is 1. The van der Waals surface area contributed by atoms with E-state index in [1.165, 1.54) is 37.3 Å². The van der Waals surface area contributed by atoms with Crippen LogP contribution in [-0.4, -0.2) is 24.6 Å². The molecule has 0 radical (unpaired) electrons. The van der Waals surface area contributed by atoms with Crippen molar-refractivity contribution < 1.29 is 32.2 Å². The summed E-state index contributed by atoms with van der Waals surface area (Å²) >= 11 is 0. The summed E-state index contributed by atoms with van der Waals surface area (Å²) in [7, 11) is 0. The lowest BCUT2D eigenvalue weighted by Gasteiger charge is -2.15. The Morgan fingerprint density at radius 1 is 1.18 bits per heavy atom. The van der Waals surface area contributed by atoms with Gasteiger partial charge in [-0.1, -0.05) is 6.07 Å². The number of nitrogens with one attached hydrogen (secondary N) is 1. The summed E-state index contributed by atoms with van der Waals surface area (Å²) in [6.07, 6.45) is -5.78. The molecular weight excluding hydrogens is 377 g/mol. The van der Waals surface area contributed by atoms with Crippen molar-refractivity contribution in [3.63, 3.8) is 0 Å². The molecule has 1 amide bonds. The Morgan fingerprint density at radius 3 is 2.46 bits per heavy atom. The van der Waals surface area contributed by atoms with Crippen LogP contribution in [0.15, 0.2) is 48.5 Å². The molecule has 0 bridgehead atoms. The number of amides is 1. The molecule has 2 aromatic rings. The largest absolute Gasteiger partial charge is 0.482 e. The molecule has 0 spiro atoms. The molecule has 0 saturated heterocycles. The topological polar surface area (TPSA) is 88.4 Å². The molecule has 0 heterocycles. The smallest absolute Gasteiger partial charge is 0.416 e. The average Bonchev–Trinajstić information content (AvgIpc) is 2.66. The Bertz CT molecular complexity index is 889. The number of ether oxygens (including phenoxy) is 2. The van der Waals surface area contributed by atoms with E-state index in [2.05, 4.69) is 5.32 Å². The number of esters is 1. The van der Waals surface area contributed by atoms with Gasteiger partial charge in [-0.3, -0.25) is 4.79 Å². The van der Waals surface area contributed by atoms with E-state index in [0.29, 0.717) is 11.3 Å². The molecule has 1 atom stereocenters. The Morgan fingerprint density at radius 2 is 1.86 bits per heavy atom. The first kappa shape index (κ1) is 20.8. The lowest BCUT2D eigenvalue weighted by atomic mass is 10.2. The molecule has 0 aromatic heterocycles. The third-order valence-corrected chi connectivity index (χ3v) is 3.47. The third-order valence-electron chi connectivity index (χ3n) is 3.47. The molecule has 9 heteroatoms. The zero-order chi connectivity index (χ0) is 20.7. The highest BCUT2D eigenvalue weighted by Crippen LogP contribution is 2.30. The maximum atomic E-state index is 12.7. The number of halogens is 3. The molecule has 28 heavy (non-hydrogen) atoms. The predicted octanol–water partition coefficient (Wildman–Crippen LogP) is 3.53. The minimum atomic E-state index is -4.54. The zero-order valence-electron chi connectivity index (χ0n) is 14.6. The van der Waals surface area contributed by atoms with E-state index >= 15 is 0 Å². The van der Waals surface area contributed by atoms with Gasteiger partial charge in [-0.05, 0) is 49.4 Å². The fraction of sp³-hybridized carbons (Fsp3) is 0.211. The molecule has 2 rings (SSSR count). The number of rotatable bonds is 6. The summed E-state index contributed by atoms with van der Waals surface area (Å²) in [5, 5.41) is 11.0. The van der Waals surface area contributed by atoms with E-state index < -0.39 is 36.3 Å². The van der Waals surface area contributed by atoms with Crippen molar-refractivity contribution in [2.45, 2.75) is 19.2 Å². The number of carbonyl (C=O) groups excluding carboxylic acids is 2. The van der Waals surface area contributed by atoms with E-state index in [1.54, 1.807) is 0 Å². The predicted molar refractivity (Wildman–Crippen MR) is 92.3 cm³/mol. The van der Waals surface area contributed by atoms with Crippen LogP contribution in [-0.2, 0) is 20.5 Å². The van der Waals surface area contributed by atoms with E-state index in [0.717, 1.165) is 18.2 Å². The van der Waals surface area contributed by atoms with E-state index in [1.807, 2.05) is 6.07 Å². The Hall–Kier alpha value is -3.54. The normalized spacial score (nSPS) is 11.8. The standard InChI is InChI=1S/C19H15F3N2O4/c1-12(18(26)24-15-4-2-3-14(9-15)19(20,21)22)28-17(25)11-27-16-7-5-13(10-23)6-8-16/h2-9,12H,11H2,1H3,(H,24,26)/t12-/m0/s1. The summed E-state index contributed by atoms with van der Waals surface area (Å²) in [5.41, 5.74) is -0.558. The average molecular weight is 392 g/mol. The summed E-state index contributed by atoms with van der Waals surface area (Å²) < 4.78 is 48.2. The zero-order valence-corrected chi connectivity index (χ0v) is 14.6. The van der Waals surface area contributed by atoms with Gasteiger partial charge in [-0.2, -0.15) is 18.4 Å². The van der Waals surface area contributed by atoms with Gasteiger partial charge in [0.15, 0.2) is 12.7 Å². The molecule has 6 nitrogen and oxygen atoms in total. The summed E-state index contributed by atoms with van der Waals surface area (Å²) in [4.78, 5) is 23.8. The van der Waals surface area contributed by atoms with Gasteiger partial charge in [0.25, 0.3) is 5.91 Å². The second kappa shape index (κ2) is 8.90. The van der Waals surface area contributed by atoms with Crippen molar-refractivity contribution in [3.05, 3.63) is 59.7 Å². The van der Waals surface area contributed by atoms with Crippen molar-refractivity contribution in [3.8, 4) is 11.8 Å². The molecule has 0 aliphatic carbocycles. The van der Waals surface area contributed by atoms with Crippen LogP contribution in [0.25, 0.3) is 0 Å². The van der Waals surface area contributed by atoms with Crippen LogP contribution in [0.3, 0.4) is 0 Å². The summed E-state index contributed by atoms with van der Waals surface area (Å²) in [6, 6.07) is 12.0. The number of hydrogen-bond donors (Lipinski definition) is 1. The summed E-state index contributed by atoms with van der Waals surface area (Å²) in [5.74, 6) is -1.29. The molecular formula is C19H15F3N2O4. The first-order valence-electron chi connectivity index (χ1n) is 7.99. The van der Waals surface area contributed by atoms with Gasteiger partial charge < -0.3 is 14.8 Å². The fourth-order valence-electron chi connectivity index (χ4n) is 2.07. The second-order valence-corrected chi connectivity index (χ2v) is 5.62. The molecule has 1 N–H and O–H groups in total. The SMILES string of the molecule is C[C@H](OC(=O)COc1ccc(C#N)cc1)C(=O)Nc1cccc(C(F)(F)F)c1.